The van der Waals surface area contributed by atoms with Crippen molar-refractivity contribution in [3.63, 3.8) is 0 Å². The van der Waals surface area contributed by atoms with Crippen molar-refractivity contribution in [2.45, 2.75) is 43.4 Å². The maximum Gasteiger partial charge on any atom is 0.255 e. The molecule has 0 atom stereocenters. The molecular formula is C31H31N7O7S2. The van der Waals surface area contributed by atoms with Crippen LogP contribution in [0.2, 0.25) is 0 Å². The number of benzene rings is 3. The summed E-state index contributed by atoms with van der Waals surface area (Å²) in [5.41, 5.74) is 6.07. The van der Waals surface area contributed by atoms with E-state index in [1.807, 2.05) is 6.07 Å². The highest BCUT2D eigenvalue weighted by Crippen LogP contribution is 2.33. The zero-order valence-electron chi connectivity index (χ0n) is 25.8. The van der Waals surface area contributed by atoms with Gasteiger partial charge in [-0.25, -0.2) is 20.5 Å². The lowest BCUT2D eigenvalue weighted by Crippen LogP contribution is -2.27. The monoisotopic (exact) mass is 677 g/mol. The standard InChI is InChI=1S/C31H31N7O7S2/c1-31(2,3)27-26(32-22-11-12-25-19(14-22)6-5-13-37(25)4)29-34-28(36-38(29)35-27)18-7-9-21(10-8-18)33-30(39)20-15-23(46-44-42-40)17-24(16-20)47-45-43-41/h7-12,14-17,40-41H,5-6,13H2,1-4H3,(H,33,39). The molecule has 0 radical (unpaired) electrons. The first kappa shape index (κ1) is 32.8. The molecule has 0 saturated carbocycles. The van der Waals surface area contributed by atoms with E-state index < -0.39 is 5.91 Å². The molecular weight excluding hydrogens is 647 g/mol. The SMILES string of the molecule is CN1CCCc2cc(N=C3C(C(C)(C)C)=Nn4nc(-c5ccc(NC(=O)c6cc(SOOO)cc(SOOO)c6)cc5)nc43)ccc21. The number of nitrogens with one attached hydrogen (secondary N) is 1. The third-order valence-corrected chi connectivity index (χ3v) is 8.57. The Morgan fingerprint density at radius 1 is 0.979 bits per heavy atom. The van der Waals surface area contributed by atoms with Gasteiger partial charge in [0.25, 0.3) is 5.91 Å². The Balaban J connectivity index is 1.23. The van der Waals surface area contributed by atoms with Crippen molar-refractivity contribution in [1.29, 1.82) is 0 Å². The molecule has 3 aromatic carbocycles. The number of hydrogen-bond donors (Lipinski definition) is 3. The number of aryl methyl sites for hydroxylation is 1. The lowest BCUT2D eigenvalue weighted by atomic mass is 9.87. The second-order valence-electron chi connectivity index (χ2n) is 11.8. The first-order valence-corrected chi connectivity index (χ1v) is 16.0. The van der Waals surface area contributed by atoms with Gasteiger partial charge >= 0.3 is 0 Å². The number of fused-ring (bicyclic) bond motifs is 2. The van der Waals surface area contributed by atoms with E-state index in [9.17, 15) is 4.79 Å². The van der Waals surface area contributed by atoms with Crippen LogP contribution in [-0.2, 0) is 25.2 Å². The molecule has 3 heterocycles. The zero-order chi connectivity index (χ0) is 33.1. The van der Waals surface area contributed by atoms with Crippen LogP contribution in [0.5, 0.6) is 0 Å². The fourth-order valence-electron chi connectivity index (χ4n) is 5.28. The second kappa shape index (κ2) is 13.9. The van der Waals surface area contributed by atoms with E-state index in [1.54, 1.807) is 30.3 Å². The van der Waals surface area contributed by atoms with Crippen molar-refractivity contribution >= 4 is 58.5 Å². The fourth-order valence-corrected chi connectivity index (χ4v) is 6.28. The minimum atomic E-state index is -0.435. The molecule has 2 aliphatic heterocycles. The van der Waals surface area contributed by atoms with Gasteiger partial charge in [0.05, 0.1) is 35.5 Å². The first-order chi connectivity index (χ1) is 22.6. The molecule has 1 aromatic heterocycles. The molecule has 2 aliphatic rings. The van der Waals surface area contributed by atoms with Crippen molar-refractivity contribution in [2.24, 2.45) is 15.5 Å². The van der Waals surface area contributed by atoms with E-state index >= 15 is 0 Å². The fraction of sp³-hybridized carbons (Fsp3) is 0.258. The van der Waals surface area contributed by atoms with Crippen LogP contribution < -0.4 is 10.2 Å². The highest BCUT2D eigenvalue weighted by atomic mass is 32.2. The quantitative estimate of drug-likeness (QED) is 0.0912. The van der Waals surface area contributed by atoms with Gasteiger partial charge in [-0.05, 0) is 79.1 Å². The normalized spacial score (nSPS) is 15.1. The highest BCUT2D eigenvalue weighted by Gasteiger charge is 2.35. The number of anilines is 2. The van der Waals surface area contributed by atoms with Crippen LogP contribution in [0, 0.1) is 5.41 Å². The molecule has 16 heteroatoms. The third-order valence-electron chi connectivity index (χ3n) is 7.45. The number of hydrogen-bond acceptors (Lipinski definition) is 14. The smallest absolute Gasteiger partial charge is 0.255 e. The Bertz CT molecular complexity index is 1830. The Morgan fingerprint density at radius 2 is 1.68 bits per heavy atom. The van der Waals surface area contributed by atoms with Crippen LogP contribution in [0.15, 0.2) is 80.5 Å². The molecule has 244 valence electrons. The number of aliphatic imine (C=N–C) groups is 1. The van der Waals surface area contributed by atoms with E-state index in [4.69, 9.17) is 25.6 Å². The summed E-state index contributed by atoms with van der Waals surface area (Å²) in [4.78, 5) is 27.6. The topological polar surface area (TPSA) is 165 Å². The van der Waals surface area contributed by atoms with Gasteiger partial charge in [0.2, 0.25) is 5.82 Å². The summed E-state index contributed by atoms with van der Waals surface area (Å²) in [7, 11) is 2.11. The minimum Gasteiger partial charge on any atom is -0.374 e. The number of carbonyl (C=O) groups excluding carboxylic acids is 1. The van der Waals surface area contributed by atoms with Gasteiger partial charge in [-0.2, -0.15) is 5.10 Å². The lowest BCUT2D eigenvalue weighted by Gasteiger charge is -2.27. The van der Waals surface area contributed by atoms with Gasteiger partial charge in [0, 0.05) is 51.3 Å². The summed E-state index contributed by atoms with van der Waals surface area (Å²) in [5.74, 6) is 0.599. The maximum absolute atomic E-state index is 13.1. The molecule has 0 unspecified atom stereocenters. The van der Waals surface area contributed by atoms with Gasteiger partial charge in [0.1, 0.15) is 5.71 Å². The first-order valence-electron chi connectivity index (χ1n) is 14.5. The van der Waals surface area contributed by atoms with Crippen LogP contribution in [-0.4, -0.2) is 56.3 Å². The number of nitrogens with zero attached hydrogens (tertiary/aromatic N) is 6. The summed E-state index contributed by atoms with van der Waals surface area (Å²) >= 11 is 1.33. The Labute approximate surface area is 278 Å². The molecule has 0 saturated heterocycles. The highest BCUT2D eigenvalue weighted by molar-refractivity contribution is 7.95. The largest absolute Gasteiger partial charge is 0.374 e. The Hall–Kier alpha value is -4.13. The van der Waals surface area contributed by atoms with Crippen molar-refractivity contribution in [2.75, 3.05) is 23.8 Å². The Morgan fingerprint density at radius 3 is 2.34 bits per heavy atom. The third kappa shape index (κ3) is 7.39. The number of rotatable bonds is 10. The van der Waals surface area contributed by atoms with E-state index in [0.29, 0.717) is 56.9 Å². The van der Waals surface area contributed by atoms with E-state index in [-0.39, 0.29) is 11.0 Å². The van der Waals surface area contributed by atoms with Gasteiger partial charge in [-0.3, -0.25) is 4.79 Å². The zero-order valence-corrected chi connectivity index (χ0v) is 27.5. The van der Waals surface area contributed by atoms with Crippen molar-refractivity contribution < 1.29 is 34.1 Å². The molecule has 0 fully saturated rings. The van der Waals surface area contributed by atoms with Crippen LogP contribution in [0.25, 0.3) is 11.4 Å². The molecule has 6 rings (SSSR count). The Kier molecular flexibility index (Phi) is 9.72. The summed E-state index contributed by atoms with van der Waals surface area (Å²) < 4.78 is 8.94. The molecule has 0 bridgehead atoms. The molecule has 14 nitrogen and oxygen atoms in total. The van der Waals surface area contributed by atoms with Crippen molar-refractivity contribution in [3.8, 4) is 11.4 Å². The van der Waals surface area contributed by atoms with Crippen molar-refractivity contribution in [3.05, 3.63) is 77.6 Å². The predicted molar refractivity (Wildman–Crippen MR) is 178 cm³/mol. The second-order valence-corrected chi connectivity index (χ2v) is 13.4. The molecule has 3 N–H and O–H groups in total. The average molecular weight is 678 g/mol. The summed E-state index contributed by atoms with van der Waals surface area (Å²) in [5, 5.41) is 36.5. The van der Waals surface area contributed by atoms with Gasteiger partial charge in [0.15, 0.2) is 5.82 Å². The molecule has 1 amide bonds. The molecule has 0 aliphatic carbocycles. The summed E-state index contributed by atoms with van der Waals surface area (Å²) in [6, 6.07) is 18.0. The van der Waals surface area contributed by atoms with Crippen LogP contribution in [0.1, 0.15) is 48.9 Å². The summed E-state index contributed by atoms with van der Waals surface area (Å²) in [6.07, 6.45) is 2.13. The van der Waals surface area contributed by atoms with Crippen LogP contribution >= 0.6 is 24.1 Å². The number of carbonyl (C=O) groups is 1. The van der Waals surface area contributed by atoms with Gasteiger partial charge in [-0.1, -0.05) is 30.8 Å². The molecule has 0 spiro atoms. The van der Waals surface area contributed by atoms with E-state index in [2.05, 4.69) is 74.0 Å². The minimum absolute atomic E-state index is 0.238. The van der Waals surface area contributed by atoms with E-state index in [0.717, 1.165) is 36.3 Å². The summed E-state index contributed by atoms with van der Waals surface area (Å²) in [6.45, 7) is 7.32. The van der Waals surface area contributed by atoms with Crippen molar-refractivity contribution in [1.82, 2.24) is 14.9 Å². The van der Waals surface area contributed by atoms with E-state index in [1.165, 1.54) is 28.2 Å². The predicted octanol–water partition coefficient (Wildman–Crippen LogP) is 6.82. The number of amides is 1. The van der Waals surface area contributed by atoms with Gasteiger partial charge in [-0.15, -0.1) is 18.6 Å². The number of aromatic nitrogens is 3. The van der Waals surface area contributed by atoms with Crippen LogP contribution in [0.3, 0.4) is 0 Å². The lowest BCUT2D eigenvalue weighted by molar-refractivity contribution is -0.432. The molecule has 47 heavy (non-hydrogen) atoms. The molecule has 4 aromatic rings. The average Bonchev–Trinajstić information content (AvgIpc) is 3.62. The van der Waals surface area contributed by atoms with Crippen LogP contribution in [0.4, 0.5) is 17.1 Å². The van der Waals surface area contributed by atoms with Gasteiger partial charge < -0.3 is 10.2 Å². The maximum atomic E-state index is 13.1.